The minimum Gasteiger partial charge on any atom is -0.262 e. The quantitative estimate of drug-likeness (QED) is 0.408. The van der Waals surface area contributed by atoms with E-state index >= 15 is 0 Å². The standard InChI is InChI=1S/C20H22Br2N4/c1-13(2)20(25-23-14(3)16-5-9-18(21)10-6-16)26-24-15(4)17-7-11-19(22)12-8-17/h5-12,25-26H,1-4H3/b23-14+,24-15+. The highest BCUT2D eigenvalue weighted by Crippen LogP contribution is 2.12. The molecule has 0 spiro atoms. The van der Waals surface area contributed by atoms with Gasteiger partial charge < -0.3 is 0 Å². The number of rotatable bonds is 6. The zero-order valence-corrected chi connectivity index (χ0v) is 18.4. The summed E-state index contributed by atoms with van der Waals surface area (Å²) in [5.41, 5.74) is 11.1. The molecule has 0 saturated heterocycles. The minimum absolute atomic E-state index is 0.762. The highest BCUT2D eigenvalue weighted by molar-refractivity contribution is 9.10. The first-order valence-corrected chi connectivity index (χ1v) is 9.75. The molecule has 0 aromatic heterocycles. The molecule has 4 nitrogen and oxygen atoms in total. The summed E-state index contributed by atoms with van der Waals surface area (Å²) < 4.78 is 2.10. The number of halogens is 2. The van der Waals surface area contributed by atoms with Crippen molar-refractivity contribution in [1.82, 2.24) is 10.9 Å². The van der Waals surface area contributed by atoms with Crippen molar-refractivity contribution in [1.29, 1.82) is 0 Å². The predicted octanol–water partition coefficient (Wildman–Crippen LogP) is 5.79. The average Bonchev–Trinajstić information content (AvgIpc) is 2.62. The normalized spacial score (nSPS) is 11.9. The van der Waals surface area contributed by atoms with E-state index < -0.39 is 0 Å². The van der Waals surface area contributed by atoms with Crippen LogP contribution in [0.3, 0.4) is 0 Å². The van der Waals surface area contributed by atoms with Crippen LogP contribution in [0.2, 0.25) is 0 Å². The molecule has 136 valence electrons. The van der Waals surface area contributed by atoms with Crippen LogP contribution in [-0.2, 0) is 0 Å². The third kappa shape index (κ3) is 6.11. The van der Waals surface area contributed by atoms with Crippen LogP contribution in [0.25, 0.3) is 0 Å². The molecule has 0 radical (unpaired) electrons. The molecule has 0 atom stereocenters. The summed E-state index contributed by atoms with van der Waals surface area (Å²) >= 11 is 6.89. The first-order chi connectivity index (χ1) is 12.4. The second-order valence-corrected chi connectivity index (χ2v) is 7.84. The van der Waals surface area contributed by atoms with Crippen LogP contribution >= 0.6 is 31.9 Å². The van der Waals surface area contributed by atoms with Crippen molar-refractivity contribution in [3.63, 3.8) is 0 Å². The molecule has 2 N–H and O–H groups in total. The predicted molar refractivity (Wildman–Crippen MR) is 117 cm³/mol. The molecule has 0 unspecified atom stereocenters. The van der Waals surface area contributed by atoms with Crippen LogP contribution in [0.4, 0.5) is 0 Å². The fourth-order valence-electron chi connectivity index (χ4n) is 2.04. The van der Waals surface area contributed by atoms with Crippen LogP contribution in [0.1, 0.15) is 38.8 Å². The molecule has 2 aromatic rings. The van der Waals surface area contributed by atoms with E-state index in [1.54, 1.807) is 0 Å². The van der Waals surface area contributed by atoms with Gasteiger partial charge in [-0.2, -0.15) is 10.2 Å². The van der Waals surface area contributed by atoms with Crippen LogP contribution in [0.15, 0.2) is 79.1 Å². The molecule has 6 heteroatoms. The lowest BCUT2D eigenvalue weighted by Gasteiger charge is -2.11. The molecule has 0 fully saturated rings. The van der Waals surface area contributed by atoms with Gasteiger partial charge in [-0.3, -0.25) is 10.9 Å². The Morgan fingerprint density at radius 1 is 0.654 bits per heavy atom. The number of allylic oxidation sites excluding steroid dienone is 1. The maximum atomic E-state index is 4.46. The SMILES string of the molecule is CC(C)=C(N/N=C(\C)c1ccc(Br)cc1)N/N=C(\C)c1ccc(Br)cc1. The Morgan fingerprint density at radius 3 is 1.31 bits per heavy atom. The second kappa shape index (κ2) is 9.69. The molecule has 0 bridgehead atoms. The number of hydrogen-bond acceptors (Lipinski definition) is 4. The van der Waals surface area contributed by atoms with Crippen LogP contribution in [-0.4, -0.2) is 11.4 Å². The molecule has 0 aliphatic heterocycles. The third-order valence-corrected chi connectivity index (χ3v) is 4.75. The van der Waals surface area contributed by atoms with E-state index in [0.29, 0.717) is 0 Å². The Kier molecular flexibility index (Phi) is 7.60. The van der Waals surface area contributed by atoms with E-state index in [0.717, 1.165) is 42.9 Å². The van der Waals surface area contributed by atoms with Crippen molar-refractivity contribution in [3.8, 4) is 0 Å². The zero-order chi connectivity index (χ0) is 19.1. The van der Waals surface area contributed by atoms with E-state index in [-0.39, 0.29) is 0 Å². The summed E-state index contributed by atoms with van der Waals surface area (Å²) in [5, 5.41) is 8.93. The lowest BCUT2D eigenvalue weighted by molar-refractivity contribution is 0.725. The minimum atomic E-state index is 0.762. The van der Waals surface area contributed by atoms with E-state index in [4.69, 9.17) is 0 Å². The maximum Gasteiger partial charge on any atom is 0.138 e. The maximum absolute atomic E-state index is 4.46. The topological polar surface area (TPSA) is 48.8 Å². The van der Waals surface area contributed by atoms with Gasteiger partial charge in [0.1, 0.15) is 5.82 Å². The number of hydrogen-bond donors (Lipinski definition) is 2. The second-order valence-electron chi connectivity index (χ2n) is 6.01. The number of nitrogens with zero attached hydrogens (tertiary/aromatic N) is 2. The lowest BCUT2D eigenvalue weighted by atomic mass is 10.1. The van der Waals surface area contributed by atoms with Gasteiger partial charge in [0.05, 0.1) is 11.4 Å². The highest BCUT2D eigenvalue weighted by atomic mass is 79.9. The van der Waals surface area contributed by atoms with E-state index in [9.17, 15) is 0 Å². The van der Waals surface area contributed by atoms with E-state index in [1.165, 1.54) is 0 Å². The molecular formula is C20H22Br2N4. The van der Waals surface area contributed by atoms with Gasteiger partial charge >= 0.3 is 0 Å². The lowest BCUT2D eigenvalue weighted by Crippen LogP contribution is -2.22. The van der Waals surface area contributed by atoms with Gasteiger partial charge in [-0.15, -0.1) is 0 Å². The Hall–Kier alpha value is -1.92. The summed E-state index contributed by atoms with van der Waals surface area (Å²) in [4.78, 5) is 0. The zero-order valence-electron chi connectivity index (χ0n) is 15.3. The Bertz CT molecular complexity index is 766. The van der Waals surface area contributed by atoms with Crippen molar-refractivity contribution in [2.75, 3.05) is 0 Å². The molecule has 26 heavy (non-hydrogen) atoms. The van der Waals surface area contributed by atoms with Crippen LogP contribution in [0, 0.1) is 0 Å². The number of hydrazone groups is 2. The van der Waals surface area contributed by atoms with Gasteiger partial charge in [0.15, 0.2) is 0 Å². The first kappa shape index (κ1) is 20.4. The van der Waals surface area contributed by atoms with Gasteiger partial charge in [0.25, 0.3) is 0 Å². The van der Waals surface area contributed by atoms with Crippen molar-refractivity contribution in [2.45, 2.75) is 27.7 Å². The van der Waals surface area contributed by atoms with E-state index in [1.807, 2.05) is 76.2 Å². The Labute approximate surface area is 171 Å². The Morgan fingerprint density at radius 2 is 1.00 bits per heavy atom. The van der Waals surface area contributed by atoms with Gasteiger partial charge in [0, 0.05) is 8.95 Å². The summed E-state index contributed by atoms with van der Waals surface area (Å²) in [6.45, 7) is 7.94. The monoisotopic (exact) mass is 476 g/mol. The molecular weight excluding hydrogens is 456 g/mol. The van der Waals surface area contributed by atoms with Crippen LogP contribution < -0.4 is 10.9 Å². The van der Waals surface area contributed by atoms with Gasteiger partial charge in [-0.25, -0.2) is 0 Å². The van der Waals surface area contributed by atoms with Crippen LogP contribution in [0.5, 0.6) is 0 Å². The first-order valence-electron chi connectivity index (χ1n) is 8.17. The van der Waals surface area contributed by atoms with Gasteiger partial charge in [0.2, 0.25) is 0 Å². The van der Waals surface area contributed by atoms with Crippen molar-refractivity contribution < 1.29 is 0 Å². The smallest absolute Gasteiger partial charge is 0.138 e. The Balaban J connectivity index is 2.08. The summed E-state index contributed by atoms with van der Waals surface area (Å²) in [5.74, 6) is 0.762. The fourth-order valence-corrected chi connectivity index (χ4v) is 2.57. The molecule has 0 aliphatic rings. The molecule has 2 aromatic carbocycles. The van der Waals surface area contributed by atoms with Crippen molar-refractivity contribution >= 4 is 43.3 Å². The molecule has 0 aliphatic carbocycles. The van der Waals surface area contributed by atoms with Gasteiger partial charge in [-0.1, -0.05) is 56.1 Å². The molecule has 0 heterocycles. The largest absolute Gasteiger partial charge is 0.262 e. The number of nitrogens with one attached hydrogen (secondary N) is 2. The summed E-state index contributed by atoms with van der Waals surface area (Å²) in [6.07, 6.45) is 0. The molecule has 0 amide bonds. The van der Waals surface area contributed by atoms with Crippen molar-refractivity contribution in [2.24, 2.45) is 10.2 Å². The molecule has 0 saturated carbocycles. The summed E-state index contributed by atoms with van der Waals surface area (Å²) in [7, 11) is 0. The third-order valence-electron chi connectivity index (χ3n) is 3.69. The summed E-state index contributed by atoms with van der Waals surface area (Å²) in [6, 6.07) is 16.1. The van der Waals surface area contributed by atoms with Crippen molar-refractivity contribution in [3.05, 3.63) is 80.0 Å². The highest BCUT2D eigenvalue weighted by Gasteiger charge is 2.02. The molecule has 2 rings (SSSR count). The number of benzene rings is 2. The fraction of sp³-hybridized carbons (Fsp3) is 0.200. The average molecular weight is 478 g/mol. The van der Waals surface area contributed by atoms with E-state index in [2.05, 4.69) is 52.9 Å². The van der Waals surface area contributed by atoms with Gasteiger partial charge in [-0.05, 0) is 68.7 Å².